The smallest absolute Gasteiger partial charge is 0.248 e. The Balaban J connectivity index is 2.00. The summed E-state index contributed by atoms with van der Waals surface area (Å²) in [5, 5.41) is 11.4. The molecular weight excluding hydrogens is 328 g/mol. The first-order valence-electron chi connectivity index (χ1n) is 8.03. The van der Waals surface area contributed by atoms with E-state index in [0.717, 1.165) is 11.1 Å². The summed E-state index contributed by atoms with van der Waals surface area (Å²) in [6.45, 7) is 4.00. The van der Waals surface area contributed by atoms with E-state index in [4.69, 9.17) is 14.7 Å². The van der Waals surface area contributed by atoms with E-state index in [9.17, 15) is 4.79 Å². The number of methoxy groups -OCH3 is 1. The van der Waals surface area contributed by atoms with Gasteiger partial charge in [0.15, 0.2) is 11.5 Å². The number of nitrogens with one attached hydrogen (secondary N) is 1. The van der Waals surface area contributed by atoms with Crippen LogP contribution in [-0.2, 0) is 11.2 Å². The third-order valence-corrected chi connectivity index (χ3v) is 3.48. The minimum absolute atomic E-state index is 0.246. The van der Waals surface area contributed by atoms with Crippen LogP contribution in [0, 0.1) is 11.3 Å². The normalized spacial score (nSPS) is 10.2. The molecule has 2 aromatic rings. The zero-order valence-electron chi connectivity index (χ0n) is 14.6. The summed E-state index contributed by atoms with van der Waals surface area (Å²) in [4.78, 5) is 12.0. The summed E-state index contributed by atoms with van der Waals surface area (Å²) in [5.74, 6) is 0.956. The van der Waals surface area contributed by atoms with Gasteiger partial charge >= 0.3 is 0 Å². The minimum atomic E-state index is -0.246. The second kappa shape index (κ2) is 9.70. The van der Waals surface area contributed by atoms with E-state index in [2.05, 4.69) is 18.0 Å². The molecule has 26 heavy (non-hydrogen) atoms. The molecule has 5 heteroatoms. The highest BCUT2D eigenvalue weighted by atomic mass is 16.5. The van der Waals surface area contributed by atoms with Crippen molar-refractivity contribution in [2.75, 3.05) is 19.0 Å². The Hall–Kier alpha value is -3.52. The van der Waals surface area contributed by atoms with Gasteiger partial charge in [0.05, 0.1) is 19.6 Å². The van der Waals surface area contributed by atoms with Crippen molar-refractivity contribution in [1.82, 2.24) is 0 Å². The number of anilines is 1. The number of hydrogen-bond donors (Lipinski definition) is 1. The van der Waals surface area contributed by atoms with Crippen LogP contribution >= 0.6 is 0 Å². The molecule has 0 bridgehead atoms. The van der Waals surface area contributed by atoms with Gasteiger partial charge in [-0.25, -0.2) is 0 Å². The molecule has 2 aromatic carbocycles. The third kappa shape index (κ3) is 5.53. The second-order valence-electron chi connectivity index (χ2n) is 5.36. The van der Waals surface area contributed by atoms with Gasteiger partial charge in [-0.15, -0.1) is 0 Å². The van der Waals surface area contributed by atoms with Crippen LogP contribution < -0.4 is 14.8 Å². The van der Waals surface area contributed by atoms with Gasteiger partial charge in [-0.3, -0.25) is 4.79 Å². The van der Waals surface area contributed by atoms with Crippen molar-refractivity contribution < 1.29 is 14.3 Å². The van der Waals surface area contributed by atoms with Crippen LogP contribution in [0.4, 0.5) is 5.69 Å². The molecule has 1 N–H and O–H groups in total. The molecule has 0 aliphatic carbocycles. The summed E-state index contributed by atoms with van der Waals surface area (Å²) in [6, 6.07) is 14.7. The number of carbonyl (C=O) groups excluding carboxylic acids is 1. The Morgan fingerprint density at radius 2 is 2.00 bits per heavy atom. The second-order valence-corrected chi connectivity index (χ2v) is 5.36. The van der Waals surface area contributed by atoms with Crippen molar-refractivity contribution >= 4 is 17.7 Å². The fourth-order valence-corrected chi connectivity index (χ4v) is 2.21. The van der Waals surface area contributed by atoms with Gasteiger partial charge in [-0.1, -0.05) is 30.9 Å². The largest absolute Gasteiger partial charge is 0.493 e. The Kier molecular flexibility index (Phi) is 7.02. The molecule has 0 spiro atoms. The van der Waals surface area contributed by atoms with Crippen LogP contribution in [0.2, 0.25) is 0 Å². The van der Waals surface area contributed by atoms with Crippen LogP contribution in [0.3, 0.4) is 0 Å². The summed E-state index contributed by atoms with van der Waals surface area (Å²) in [7, 11) is 1.56. The molecule has 5 nitrogen and oxygen atoms in total. The number of amides is 1. The van der Waals surface area contributed by atoms with Crippen LogP contribution in [0.1, 0.15) is 11.1 Å². The molecule has 0 saturated heterocycles. The number of ether oxygens (including phenoxy) is 2. The number of carbonyl (C=O) groups is 1. The van der Waals surface area contributed by atoms with Gasteiger partial charge in [0, 0.05) is 11.8 Å². The van der Waals surface area contributed by atoms with Crippen LogP contribution in [0.15, 0.2) is 61.2 Å². The zero-order valence-corrected chi connectivity index (χ0v) is 14.6. The molecule has 0 radical (unpaired) electrons. The van der Waals surface area contributed by atoms with E-state index in [1.807, 2.05) is 18.2 Å². The van der Waals surface area contributed by atoms with E-state index in [0.29, 0.717) is 30.2 Å². The molecule has 1 amide bonds. The standard InChI is InChI=1S/C21H20N2O3/c1-3-14-26-19-10-6-17(15-20(19)25-2)7-11-21(24)23-18-8-4-16(5-9-18)12-13-22/h3-11,15H,1,12,14H2,2H3,(H,23,24). The highest BCUT2D eigenvalue weighted by Gasteiger charge is 2.04. The average Bonchev–Trinajstić information content (AvgIpc) is 2.66. The summed E-state index contributed by atoms with van der Waals surface area (Å²) < 4.78 is 10.8. The number of rotatable bonds is 8. The molecule has 0 atom stereocenters. The highest BCUT2D eigenvalue weighted by molar-refractivity contribution is 6.01. The van der Waals surface area contributed by atoms with E-state index in [-0.39, 0.29) is 5.91 Å². The van der Waals surface area contributed by atoms with E-state index >= 15 is 0 Å². The topological polar surface area (TPSA) is 71.3 Å². The fourth-order valence-electron chi connectivity index (χ4n) is 2.21. The van der Waals surface area contributed by atoms with Crippen molar-refractivity contribution in [2.24, 2.45) is 0 Å². The van der Waals surface area contributed by atoms with Gasteiger partial charge in [0.25, 0.3) is 0 Å². The molecule has 0 heterocycles. The lowest BCUT2D eigenvalue weighted by atomic mass is 10.1. The quantitative estimate of drug-likeness (QED) is 0.579. The lowest BCUT2D eigenvalue weighted by Gasteiger charge is -2.09. The summed E-state index contributed by atoms with van der Waals surface area (Å²) >= 11 is 0. The number of hydrogen-bond acceptors (Lipinski definition) is 4. The molecular formula is C21H20N2O3. The maximum Gasteiger partial charge on any atom is 0.248 e. The molecule has 0 fully saturated rings. The monoisotopic (exact) mass is 348 g/mol. The molecule has 132 valence electrons. The Morgan fingerprint density at radius 1 is 1.23 bits per heavy atom. The average molecular weight is 348 g/mol. The van der Waals surface area contributed by atoms with Crippen LogP contribution in [0.5, 0.6) is 11.5 Å². The van der Waals surface area contributed by atoms with Crippen LogP contribution in [0.25, 0.3) is 6.08 Å². The first-order valence-corrected chi connectivity index (χ1v) is 8.03. The first kappa shape index (κ1) is 18.8. The predicted octanol–water partition coefficient (Wildman–Crippen LogP) is 3.98. The van der Waals surface area contributed by atoms with Crippen LogP contribution in [-0.4, -0.2) is 19.6 Å². The van der Waals surface area contributed by atoms with Gasteiger partial charge in [0.2, 0.25) is 5.91 Å². The molecule has 0 aliphatic heterocycles. The van der Waals surface area contributed by atoms with Gasteiger partial charge in [-0.2, -0.15) is 5.26 Å². The van der Waals surface area contributed by atoms with Crippen molar-refractivity contribution in [3.63, 3.8) is 0 Å². The number of nitrogens with zero attached hydrogens (tertiary/aromatic N) is 1. The zero-order chi connectivity index (χ0) is 18.8. The van der Waals surface area contributed by atoms with Crippen molar-refractivity contribution in [3.8, 4) is 17.6 Å². The molecule has 0 unspecified atom stereocenters. The van der Waals surface area contributed by atoms with Gasteiger partial charge < -0.3 is 14.8 Å². The number of benzene rings is 2. The Labute approximate surface area is 153 Å². The number of nitriles is 1. The lowest BCUT2D eigenvalue weighted by molar-refractivity contribution is -0.111. The lowest BCUT2D eigenvalue weighted by Crippen LogP contribution is -2.07. The summed E-state index contributed by atoms with van der Waals surface area (Å²) in [6.07, 6.45) is 5.15. The van der Waals surface area contributed by atoms with Crippen molar-refractivity contribution in [1.29, 1.82) is 5.26 Å². The van der Waals surface area contributed by atoms with E-state index in [1.54, 1.807) is 43.5 Å². The van der Waals surface area contributed by atoms with E-state index < -0.39 is 0 Å². The maximum absolute atomic E-state index is 12.0. The van der Waals surface area contributed by atoms with Crippen molar-refractivity contribution in [3.05, 3.63) is 72.3 Å². The first-order chi connectivity index (χ1) is 12.7. The van der Waals surface area contributed by atoms with E-state index in [1.165, 1.54) is 6.08 Å². The highest BCUT2D eigenvalue weighted by Crippen LogP contribution is 2.28. The molecule has 2 rings (SSSR count). The van der Waals surface area contributed by atoms with Gasteiger partial charge in [0.1, 0.15) is 6.61 Å². The molecule has 0 aliphatic rings. The predicted molar refractivity (Wildman–Crippen MR) is 102 cm³/mol. The van der Waals surface area contributed by atoms with Gasteiger partial charge in [-0.05, 0) is 41.5 Å². The molecule has 0 aromatic heterocycles. The fraction of sp³-hybridized carbons (Fsp3) is 0.143. The molecule has 0 saturated carbocycles. The maximum atomic E-state index is 12.0. The summed E-state index contributed by atoms with van der Waals surface area (Å²) in [5.41, 5.74) is 2.39. The third-order valence-electron chi connectivity index (χ3n) is 3.48. The SMILES string of the molecule is C=CCOc1ccc(C=CC(=O)Nc2ccc(CC#N)cc2)cc1OC. The Morgan fingerprint density at radius 3 is 2.65 bits per heavy atom. The van der Waals surface area contributed by atoms with Crippen molar-refractivity contribution in [2.45, 2.75) is 6.42 Å². The Bertz CT molecular complexity index is 833. The minimum Gasteiger partial charge on any atom is -0.493 e.